The van der Waals surface area contributed by atoms with Crippen LogP contribution in [0.15, 0.2) is 24.5 Å². The molecule has 1 aromatic heterocycles. The van der Waals surface area contributed by atoms with Crippen molar-refractivity contribution in [3.8, 4) is 5.75 Å². The molecule has 1 aromatic carbocycles. The van der Waals surface area contributed by atoms with Crippen LogP contribution < -0.4 is 4.74 Å². The summed E-state index contributed by atoms with van der Waals surface area (Å²) in [5.74, 6) is 1.34. The lowest BCUT2D eigenvalue weighted by Crippen LogP contribution is -2.04. The number of halogens is 2. The van der Waals surface area contributed by atoms with E-state index in [4.69, 9.17) is 27.9 Å². The standard InChI is InChI=1S/C10H9Cl2N3O/c1-15-10(13-6-14-15)5-16-9-3-7(11)2-8(12)4-9/h2-4,6H,5H2,1H3. The van der Waals surface area contributed by atoms with Crippen LogP contribution in [0.3, 0.4) is 0 Å². The maximum atomic E-state index is 5.84. The van der Waals surface area contributed by atoms with E-state index < -0.39 is 0 Å². The summed E-state index contributed by atoms with van der Waals surface area (Å²) in [5.41, 5.74) is 0. The fourth-order valence-electron chi connectivity index (χ4n) is 1.21. The molecule has 0 bridgehead atoms. The minimum Gasteiger partial charge on any atom is -0.486 e. The van der Waals surface area contributed by atoms with Gasteiger partial charge in [-0.3, -0.25) is 4.68 Å². The smallest absolute Gasteiger partial charge is 0.164 e. The molecule has 0 N–H and O–H groups in total. The molecule has 0 unspecified atom stereocenters. The second kappa shape index (κ2) is 4.72. The van der Waals surface area contributed by atoms with Crippen LogP contribution in [0, 0.1) is 0 Å². The first-order valence-corrected chi connectivity index (χ1v) is 5.32. The number of benzene rings is 1. The van der Waals surface area contributed by atoms with Crippen molar-refractivity contribution >= 4 is 23.2 Å². The molecule has 0 fully saturated rings. The van der Waals surface area contributed by atoms with Gasteiger partial charge >= 0.3 is 0 Å². The predicted molar refractivity (Wildman–Crippen MR) is 61.8 cm³/mol. The Morgan fingerprint density at radius 1 is 1.25 bits per heavy atom. The highest BCUT2D eigenvalue weighted by atomic mass is 35.5. The SMILES string of the molecule is Cn1ncnc1COc1cc(Cl)cc(Cl)c1. The largest absolute Gasteiger partial charge is 0.486 e. The summed E-state index contributed by atoms with van der Waals surface area (Å²) >= 11 is 11.7. The molecule has 0 saturated carbocycles. The van der Waals surface area contributed by atoms with Crippen LogP contribution in [0.25, 0.3) is 0 Å². The van der Waals surface area contributed by atoms with Crippen LogP contribution >= 0.6 is 23.2 Å². The van der Waals surface area contributed by atoms with Gasteiger partial charge in [0.25, 0.3) is 0 Å². The molecule has 1 heterocycles. The Labute approximate surface area is 103 Å². The Morgan fingerprint density at radius 3 is 2.50 bits per heavy atom. The van der Waals surface area contributed by atoms with Gasteiger partial charge in [0, 0.05) is 17.1 Å². The van der Waals surface area contributed by atoms with Crippen LogP contribution in [0.5, 0.6) is 5.75 Å². The van der Waals surface area contributed by atoms with E-state index in [1.54, 1.807) is 29.9 Å². The Bertz CT molecular complexity index is 478. The second-order valence-corrected chi connectivity index (χ2v) is 4.07. The summed E-state index contributed by atoms with van der Waals surface area (Å²) in [5, 5.41) is 5.02. The Morgan fingerprint density at radius 2 is 1.94 bits per heavy atom. The zero-order valence-electron chi connectivity index (χ0n) is 8.52. The summed E-state index contributed by atoms with van der Waals surface area (Å²) in [6, 6.07) is 5.05. The average Bonchev–Trinajstić information content (AvgIpc) is 2.59. The molecule has 0 spiro atoms. The molecule has 0 aliphatic heterocycles. The lowest BCUT2D eigenvalue weighted by atomic mass is 10.3. The zero-order valence-corrected chi connectivity index (χ0v) is 10.0. The quantitative estimate of drug-likeness (QED) is 0.849. The highest BCUT2D eigenvalue weighted by molar-refractivity contribution is 6.34. The first-order chi connectivity index (χ1) is 7.65. The van der Waals surface area contributed by atoms with Crippen molar-refractivity contribution in [2.75, 3.05) is 0 Å². The molecule has 16 heavy (non-hydrogen) atoms. The van der Waals surface area contributed by atoms with Gasteiger partial charge in [-0.2, -0.15) is 5.10 Å². The molecular weight excluding hydrogens is 249 g/mol. The van der Waals surface area contributed by atoms with Crippen molar-refractivity contribution in [3.63, 3.8) is 0 Å². The van der Waals surface area contributed by atoms with Gasteiger partial charge in [0.15, 0.2) is 5.82 Å². The van der Waals surface area contributed by atoms with Gasteiger partial charge in [-0.15, -0.1) is 0 Å². The molecule has 2 aromatic rings. The highest BCUT2D eigenvalue weighted by Gasteiger charge is 2.03. The number of ether oxygens (including phenoxy) is 1. The van der Waals surface area contributed by atoms with E-state index in [1.165, 1.54) is 6.33 Å². The van der Waals surface area contributed by atoms with Gasteiger partial charge in [-0.25, -0.2) is 4.98 Å². The molecule has 6 heteroatoms. The number of aryl methyl sites for hydroxylation is 1. The average molecular weight is 258 g/mol. The van der Waals surface area contributed by atoms with Crippen molar-refractivity contribution in [1.29, 1.82) is 0 Å². The van der Waals surface area contributed by atoms with Gasteiger partial charge in [0.1, 0.15) is 18.7 Å². The van der Waals surface area contributed by atoms with E-state index in [1.807, 2.05) is 0 Å². The normalized spacial score (nSPS) is 10.4. The summed E-state index contributed by atoms with van der Waals surface area (Å²) in [6.45, 7) is 0.327. The first kappa shape index (κ1) is 11.2. The molecule has 0 aliphatic rings. The zero-order chi connectivity index (χ0) is 11.5. The third kappa shape index (κ3) is 2.65. The lowest BCUT2D eigenvalue weighted by molar-refractivity contribution is 0.290. The fraction of sp³-hybridized carbons (Fsp3) is 0.200. The molecule has 4 nitrogen and oxygen atoms in total. The van der Waals surface area contributed by atoms with E-state index in [9.17, 15) is 0 Å². The maximum Gasteiger partial charge on any atom is 0.164 e. The van der Waals surface area contributed by atoms with Crippen molar-refractivity contribution in [2.45, 2.75) is 6.61 Å². The molecular formula is C10H9Cl2N3O. The molecule has 2 rings (SSSR count). The summed E-state index contributed by atoms with van der Waals surface area (Å²) < 4.78 is 7.15. The Balaban J connectivity index is 2.07. The molecule has 84 valence electrons. The summed E-state index contributed by atoms with van der Waals surface area (Å²) in [7, 11) is 1.80. The topological polar surface area (TPSA) is 39.9 Å². The number of rotatable bonds is 3. The monoisotopic (exact) mass is 257 g/mol. The van der Waals surface area contributed by atoms with Crippen molar-refractivity contribution in [1.82, 2.24) is 14.8 Å². The molecule has 0 saturated heterocycles. The van der Waals surface area contributed by atoms with Gasteiger partial charge in [-0.1, -0.05) is 23.2 Å². The highest BCUT2D eigenvalue weighted by Crippen LogP contribution is 2.24. The van der Waals surface area contributed by atoms with Crippen molar-refractivity contribution in [3.05, 3.63) is 40.4 Å². The van der Waals surface area contributed by atoms with E-state index >= 15 is 0 Å². The van der Waals surface area contributed by atoms with Crippen molar-refractivity contribution in [2.24, 2.45) is 7.05 Å². The number of nitrogens with zero attached hydrogens (tertiary/aromatic N) is 3. The third-order valence-corrected chi connectivity index (χ3v) is 2.45. The van der Waals surface area contributed by atoms with Crippen molar-refractivity contribution < 1.29 is 4.74 Å². The Hall–Kier alpha value is -1.26. The minimum absolute atomic E-state index is 0.327. The van der Waals surface area contributed by atoms with E-state index in [0.29, 0.717) is 22.4 Å². The first-order valence-electron chi connectivity index (χ1n) is 4.57. The van der Waals surface area contributed by atoms with Gasteiger partial charge in [-0.05, 0) is 18.2 Å². The van der Waals surface area contributed by atoms with Crippen LogP contribution in [0.1, 0.15) is 5.82 Å². The molecule has 0 aliphatic carbocycles. The third-order valence-electron chi connectivity index (χ3n) is 2.01. The Kier molecular flexibility index (Phi) is 3.31. The molecule has 0 amide bonds. The number of hydrogen-bond donors (Lipinski definition) is 0. The maximum absolute atomic E-state index is 5.84. The lowest BCUT2D eigenvalue weighted by Gasteiger charge is -2.06. The van der Waals surface area contributed by atoms with Crippen LogP contribution in [-0.2, 0) is 13.7 Å². The minimum atomic E-state index is 0.327. The summed E-state index contributed by atoms with van der Waals surface area (Å²) in [6.07, 6.45) is 1.48. The van der Waals surface area contributed by atoms with Gasteiger partial charge in [0.05, 0.1) is 0 Å². The van der Waals surface area contributed by atoms with Crippen LogP contribution in [-0.4, -0.2) is 14.8 Å². The van der Waals surface area contributed by atoms with Gasteiger partial charge < -0.3 is 4.74 Å². The van der Waals surface area contributed by atoms with E-state index in [0.717, 1.165) is 5.82 Å². The summed E-state index contributed by atoms with van der Waals surface area (Å²) in [4.78, 5) is 4.04. The van der Waals surface area contributed by atoms with Gasteiger partial charge in [0.2, 0.25) is 0 Å². The molecule has 0 radical (unpaired) electrons. The molecule has 0 atom stereocenters. The fourth-order valence-corrected chi connectivity index (χ4v) is 1.72. The van der Waals surface area contributed by atoms with E-state index in [-0.39, 0.29) is 0 Å². The second-order valence-electron chi connectivity index (χ2n) is 3.19. The predicted octanol–water partition coefficient (Wildman–Crippen LogP) is 2.70. The van der Waals surface area contributed by atoms with Crippen LogP contribution in [0.4, 0.5) is 0 Å². The number of aromatic nitrogens is 3. The van der Waals surface area contributed by atoms with E-state index in [2.05, 4.69) is 10.1 Å². The van der Waals surface area contributed by atoms with Crippen LogP contribution in [0.2, 0.25) is 10.0 Å². The number of hydrogen-bond acceptors (Lipinski definition) is 3.